The third-order valence-electron chi connectivity index (χ3n) is 4.57. The van der Waals surface area contributed by atoms with Crippen molar-refractivity contribution in [3.63, 3.8) is 0 Å². The number of nitrogens with zero attached hydrogens (tertiary/aromatic N) is 3. The first-order valence-electron chi connectivity index (χ1n) is 10.0. The number of aromatic amines is 1. The molecule has 10 heteroatoms. The summed E-state index contributed by atoms with van der Waals surface area (Å²) in [7, 11) is 0. The monoisotopic (exact) mass is 480 g/mol. The normalized spacial score (nSPS) is 11.0. The van der Waals surface area contributed by atoms with Gasteiger partial charge < -0.3 is 16.0 Å². The molecular formula is C20H29BrN6O3. The fraction of sp³-hybridized carbons (Fsp3) is 0.500. The molecule has 0 aliphatic rings. The Labute approximate surface area is 183 Å². The van der Waals surface area contributed by atoms with Crippen LogP contribution in [0.25, 0.3) is 0 Å². The van der Waals surface area contributed by atoms with Crippen LogP contribution in [0.4, 0.5) is 17.3 Å². The maximum Gasteiger partial charge on any atom is 0.330 e. The van der Waals surface area contributed by atoms with Crippen molar-refractivity contribution in [2.75, 3.05) is 29.0 Å². The molecule has 2 aromatic rings. The molecule has 0 saturated heterocycles. The lowest BCUT2D eigenvalue weighted by atomic mass is 10.1. The highest BCUT2D eigenvalue weighted by Crippen LogP contribution is 2.19. The first-order valence-corrected chi connectivity index (χ1v) is 10.8. The SMILES string of the molecule is CCCCn1c(N)c(N(CCC(C)C)CC(=O)Nc2ccc(Br)cn2)c(=O)[nH]c1=O. The molecule has 2 rings (SSSR count). The fourth-order valence-electron chi connectivity index (χ4n) is 2.91. The number of rotatable bonds is 10. The van der Waals surface area contributed by atoms with E-state index in [-0.39, 0.29) is 24.0 Å². The van der Waals surface area contributed by atoms with Crippen LogP contribution in [0.2, 0.25) is 0 Å². The maximum absolute atomic E-state index is 12.6. The zero-order chi connectivity index (χ0) is 22.3. The Kier molecular flexibility index (Phi) is 8.64. The molecule has 0 atom stereocenters. The predicted molar refractivity (Wildman–Crippen MR) is 123 cm³/mol. The molecular weight excluding hydrogens is 452 g/mol. The Morgan fingerprint density at radius 2 is 2.10 bits per heavy atom. The Hall–Kier alpha value is -2.62. The number of hydrogen-bond donors (Lipinski definition) is 3. The van der Waals surface area contributed by atoms with Crippen LogP contribution < -0.4 is 27.2 Å². The molecule has 0 aliphatic carbocycles. The van der Waals surface area contributed by atoms with Gasteiger partial charge in [0.1, 0.15) is 17.3 Å². The van der Waals surface area contributed by atoms with Gasteiger partial charge in [0, 0.05) is 23.8 Å². The second-order valence-electron chi connectivity index (χ2n) is 7.51. The summed E-state index contributed by atoms with van der Waals surface area (Å²) in [6.07, 6.45) is 3.95. The van der Waals surface area contributed by atoms with Gasteiger partial charge in [-0.1, -0.05) is 27.2 Å². The van der Waals surface area contributed by atoms with E-state index < -0.39 is 11.2 Å². The first-order chi connectivity index (χ1) is 14.2. The van der Waals surface area contributed by atoms with Gasteiger partial charge >= 0.3 is 5.69 Å². The molecule has 4 N–H and O–H groups in total. The van der Waals surface area contributed by atoms with Crippen LogP contribution in [-0.2, 0) is 11.3 Å². The van der Waals surface area contributed by atoms with Crippen LogP contribution in [0.15, 0.2) is 32.4 Å². The lowest BCUT2D eigenvalue weighted by molar-refractivity contribution is -0.115. The van der Waals surface area contributed by atoms with Gasteiger partial charge in [-0.2, -0.15) is 0 Å². The highest BCUT2D eigenvalue weighted by atomic mass is 79.9. The number of pyridine rings is 1. The molecule has 0 spiro atoms. The van der Waals surface area contributed by atoms with Crippen LogP contribution >= 0.6 is 15.9 Å². The van der Waals surface area contributed by atoms with Crippen molar-refractivity contribution in [2.24, 2.45) is 5.92 Å². The number of nitrogens with one attached hydrogen (secondary N) is 2. The number of nitrogens with two attached hydrogens (primary N) is 1. The molecule has 2 heterocycles. The first kappa shape index (κ1) is 23.7. The highest BCUT2D eigenvalue weighted by Gasteiger charge is 2.21. The van der Waals surface area contributed by atoms with Crippen LogP contribution in [0.5, 0.6) is 0 Å². The molecule has 1 amide bonds. The van der Waals surface area contributed by atoms with Crippen molar-refractivity contribution < 1.29 is 4.79 Å². The van der Waals surface area contributed by atoms with Crippen LogP contribution in [0.3, 0.4) is 0 Å². The van der Waals surface area contributed by atoms with Crippen LogP contribution in [0.1, 0.15) is 40.0 Å². The van der Waals surface area contributed by atoms with Crippen molar-refractivity contribution in [3.8, 4) is 0 Å². The Morgan fingerprint density at radius 3 is 2.70 bits per heavy atom. The summed E-state index contributed by atoms with van der Waals surface area (Å²) in [6.45, 7) is 6.86. The Balaban J connectivity index is 2.33. The minimum Gasteiger partial charge on any atom is -0.383 e. The lowest BCUT2D eigenvalue weighted by Gasteiger charge is -2.26. The maximum atomic E-state index is 12.6. The van der Waals surface area contributed by atoms with E-state index in [2.05, 4.69) is 45.1 Å². The number of anilines is 3. The highest BCUT2D eigenvalue weighted by molar-refractivity contribution is 9.10. The molecule has 0 bridgehead atoms. The molecule has 30 heavy (non-hydrogen) atoms. The van der Waals surface area contributed by atoms with E-state index in [0.29, 0.717) is 24.8 Å². The van der Waals surface area contributed by atoms with E-state index in [1.165, 1.54) is 4.57 Å². The summed E-state index contributed by atoms with van der Waals surface area (Å²) in [4.78, 5) is 45.6. The van der Waals surface area contributed by atoms with E-state index in [1.54, 1.807) is 23.2 Å². The molecule has 0 unspecified atom stereocenters. The minimum absolute atomic E-state index is 0.0792. The third kappa shape index (κ3) is 6.45. The molecule has 164 valence electrons. The molecule has 0 fully saturated rings. The van der Waals surface area contributed by atoms with Crippen molar-refractivity contribution >= 4 is 39.2 Å². The number of unbranched alkanes of at least 4 members (excludes halogenated alkanes) is 1. The number of H-pyrrole nitrogens is 1. The summed E-state index contributed by atoms with van der Waals surface area (Å²) in [6, 6.07) is 3.44. The average molecular weight is 481 g/mol. The van der Waals surface area contributed by atoms with Gasteiger partial charge in [-0.15, -0.1) is 0 Å². The minimum atomic E-state index is -0.594. The van der Waals surface area contributed by atoms with Crippen LogP contribution in [-0.4, -0.2) is 33.5 Å². The zero-order valence-corrected chi connectivity index (χ0v) is 19.2. The third-order valence-corrected chi connectivity index (χ3v) is 5.04. The molecule has 0 aromatic carbocycles. The summed E-state index contributed by atoms with van der Waals surface area (Å²) in [5.41, 5.74) is 5.24. The number of aromatic nitrogens is 3. The fourth-order valence-corrected chi connectivity index (χ4v) is 3.15. The second-order valence-corrected chi connectivity index (χ2v) is 8.43. The van der Waals surface area contributed by atoms with Gasteiger partial charge in [-0.05, 0) is 46.8 Å². The smallest absolute Gasteiger partial charge is 0.330 e. The summed E-state index contributed by atoms with van der Waals surface area (Å²) in [5.74, 6) is 0.506. The number of halogens is 1. The number of hydrogen-bond acceptors (Lipinski definition) is 6. The molecule has 9 nitrogen and oxygen atoms in total. The summed E-state index contributed by atoms with van der Waals surface area (Å²) in [5, 5.41) is 2.72. The lowest BCUT2D eigenvalue weighted by Crippen LogP contribution is -2.42. The molecule has 0 radical (unpaired) electrons. The molecule has 0 aliphatic heterocycles. The Morgan fingerprint density at radius 1 is 1.37 bits per heavy atom. The number of carbonyl (C=O) groups is 1. The average Bonchev–Trinajstić information content (AvgIpc) is 2.67. The topological polar surface area (TPSA) is 126 Å². The molecule has 2 aromatic heterocycles. The van der Waals surface area contributed by atoms with Gasteiger partial charge in [0.25, 0.3) is 5.56 Å². The van der Waals surface area contributed by atoms with E-state index in [1.807, 2.05) is 6.92 Å². The standard InChI is InChI=1S/C20H29BrN6O3/c1-4-5-9-27-18(22)17(19(29)25-20(27)30)26(10-8-13(2)3)12-16(28)24-15-7-6-14(21)11-23-15/h6-7,11,13H,4-5,8-10,12,22H2,1-3H3,(H,23,24,28)(H,25,29,30). The van der Waals surface area contributed by atoms with Gasteiger partial charge in [0.05, 0.1) is 6.54 Å². The second kappa shape index (κ2) is 11.0. The number of nitrogen functional groups attached to an aromatic ring is 1. The van der Waals surface area contributed by atoms with E-state index in [9.17, 15) is 14.4 Å². The van der Waals surface area contributed by atoms with Gasteiger partial charge in [0.2, 0.25) is 5.91 Å². The summed E-state index contributed by atoms with van der Waals surface area (Å²) >= 11 is 3.30. The van der Waals surface area contributed by atoms with Gasteiger partial charge in [0.15, 0.2) is 0 Å². The summed E-state index contributed by atoms with van der Waals surface area (Å²) < 4.78 is 2.16. The van der Waals surface area contributed by atoms with Gasteiger partial charge in [-0.25, -0.2) is 9.78 Å². The largest absolute Gasteiger partial charge is 0.383 e. The zero-order valence-electron chi connectivity index (χ0n) is 17.6. The number of carbonyl (C=O) groups excluding carboxylic acids is 1. The van der Waals surface area contributed by atoms with Crippen molar-refractivity contribution in [2.45, 2.75) is 46.6 Å². The quantitative estimate of drug-likeness (QED) is 0.479. The van der Waals surface area contributed by atoms with Crippen LogP contribution in [0, 0.1) is 5.92 Å². The van der Waals surface area contributed by atoms with Crippen molar-refractivity contribution in [3.05, 3.63) is 43.6 Å². The van der Waals surface area contributed by atoms with Crippen molar-refractivity contribution in [1.29, 1.82) is 0 Å². The molecule has 0 saturated carbocycles. The van der Waals surface area contributed by atoms with E-state index >= 15 is 0 Å². The number of amides is 1. The van der Waals surface area contributed by atoms with Crippen molar-refractivity contribution in [1.82, 2.24) is 14.5 Å². The Bertz CT molecular complexity index is 968. The van der Waals surface area contributed by atoms with E-state index in [4.69, 9.17) is 5.73 Å². The predicted octanol–water partition coefficient (Wildman–Crippen LogP) is 2.57. The van der Waals surface area contributed by atoms with E-state index in [0.717, 1.165) is 23.7 Å². The van der Waals surface area contributed by atoms with Gasteiger partial charge in [-0.3, -0.25) is 19.1 Å².